The SMILES string of the molecule is CS/C(=C/S(=O)(=O)c1ccccc1)NCCSCc1ncccc1Cl. The number of halogens is 1. The van der Waals surface area contributed by atoms with Gasteiger partial charge in [0.15, 0.2) is 0 Å². The van der Waals surface area contributed by atoms with E-state index in [4.69, 9.17) is 11.6 Å². The van der Waals surface area contributed by atoms with E-state index in [0.29, 0.717) is 21.5 Å². The molecule has 0 fully saturated rings. The number of pyridine rings is 1. The monoisotopic (exact) mass is 414 g/mol. The van der Waals surface area contributed by atoms with E-state index in [9.17, 15) is 8.42 Å². The molecular formula is C17H19ClN2O2S3. The summed E-state index contributed by atoms with van der Waals surface area (Å²) in [5.74, 6) is 1.54. The van der Waals surface area contributed by atoms with Crippen molar-refractivity contribution in [1.29, 1.82) is 0 Å². The second-order valence-electron chi connectivity index (χ2n) is 4.96. The topological polar surface area (TPSA) is 59.1 Å². The highest BCUT2D eigenvalue weighted by Gasteiger charge is 2.12. The molecule has 0 unspecified atom stereocenters. The molecule has 0 saturated carbocycles. The Balaban J connectivity index is 1.85. The van der Waals surface area contributed by atoms with Crippen molar-refractivity contribution in [3.05, 3.63) is 69.8 Å². The molecule has 0 aliphatic rings. The standard InChI is InChI=1S/C17H19ClN2O2S3/c1-23-17(13-25(21,22)14-6-3-2-4-7-14)20-10-11-24-12-16-15(18)8-5-9-19-16/h2-9,13,20H,10-12H2,1H3/b17-13+. The highest BCUT2D eigenvalue weighted by atomic mass is 35.5. The van der Waals surface area contributed by atoms with E-state index in [2.05, 4.69) is 10.3 Å². The third-order valence-corrected chi connectivity index (χ3v) is 6.81. The van der Waals surface area contributed by atoms with Crippen LogP contribution in [0.25, 0.3) is 0 Å². The van der Waals surface area contributed by atoms with Gasteiger partial charge in [-0.3, -0.25) is 4.98 Å². The molecule has 0 spiro atoms. The lowest BCUT2D eigenvalue weighted by Gasteiger charge is -2.09. The van der Waals surface area contributed by atoms with Crippen LogP contribution in [0.2, 0.25) is 5.02 Å². The van der Waals surface area contributed by atoms with E-state index < -0.39 is 9.84 Å². The summed E-state index contributed by atoms with van der Waals surface area (Å²) in [7, 11) is -3.44. The first-order valence-corrected chi connectivity index (χ1v) is 11.8. The van der Waals surface area contributed by atoms with Gasteiger partial charge in [-0.05, 0) is 30.5 Å². The third kappa shape index (κ3) is 6.58. The minimum absolute atomic E-state index is 0.294. The zero-order chi connectivity index (χ0) is 18.1. The van der Waals surface area contributed by atoms with Gasteiger partial charge >= 0.3 is 0 Å². The summed E-state index contributed by atoms with van der Waals surface area (Å²) < 4.78 is 24.7. The summed E-state index contributed by atoms with van der Waals surface area (Å²) in [4.78, 5) is 4.54. The molecule has 134 valence electrons. The molecule has 25 heavy (non-hydrogen) atoms. The van der Waals surface area contributed by atoms with Crippen molar-refractivity contribution >= 4 is 45.0 Å². The summed E-state index contributed by atoms with van der Waals surface area (Å²) in [5, 5.41) is 5.75. The van der Waals surface area contributed by atoms with E-state index in [0.717, 1.165) is 17.2 Å². The van der Waals surface area contributed by atoms with Gasteiger partial charge in [-0.1, -0.05) is 29.8 Å². The number of sulfone groups is 1. The van der Waals surface area contributed by atoms with Gasteiger partial charge in [-0.25, -0.2) is 8.42 Å². The van der Waals surface area contributed by atoms with Crippen LogP contribution in [0, 0.1) is 0 Å². The molecule has 4 nitrogen and oxygen atoms in total. The van der Waals surface area contributed by atoms with Gasteiger partial charge in [0.1, 0.15) is 0 Å². The molecule has 2 rings (SSSR count). The Kier molecular flexibility index (Phi) is 8.15. The van der Waals surface area contributed by atoms with Crippen LogP contribution in [0.15, 0.2) is 64.0 Å². The molecule has 8 heteroatoms. The maximum atomic E-state index is 12.4. The smallest absolute Gasteiger partial charge is 0.202 e. The highest BCUT2D eigenvalue weighted by molar-refractivity contribution is 8.03. The van der Waals surface area contributed by atoms with Crippen molar-refractivity contribution in [2.45, 2.75) is 10.6 Å². The fraction of sp³-hybridized carbons (Fsp3) is 0.235. The number of rotatable bonds is 9. The van der Waals surface area contributed by atoms with E-state index in [1.54, 1.807) is 54.4 Å². The van der Waals surface area contributed by atoms with Crippen molar-refractivity contribution in [2.75, 3.05) is 18.6 Å². The number of benzene rings is 1. The minimum atomic E-state index is -3.44. The number of nitrogens with one attached hydrogen (secondary N) is 1. The molecule has 0 atom stereocenters. The van der Waals surface area contributed by atoms with Gasteiger partial charge in [0.2, 0.25) is 9.84 Å². The highest BCUT2D eigenvalue weighted by Crippen LogP contribution is 2.19. The number of aromatic nitrogens is 1. The molecular weight excluding hydrogens is 396 g/mol. The fourth-order valence-electron chi connectivity index (χ4n) is 1.92. The van der Waals surface area contributed by atoms with Gasteiger partial charge in [0.25, 0.3) is 0 Å². The Morgan fingerprint density at radius 2 is 2.00 bits per heavy atom. The first-order valence-electron chi connectivity index (χ1n) is 7.50. The molecule has 0 bridgehead atoms. The molecule has 0 radical (unpaired) electrons. The molecule has 0 aliphatic carbocycles. The summed E-state index contributed by atoms with van der Waals surface area (Å²) in [6.07, 6.45) is 3.57. The first-order chi connectivity index (χ1) is 12.0. The Bertz CT molecular complexity index is 812. The van der Waals surface area contributed by atoms with Crippen LogP contribution in [-0.4, -0.2) is 32.0 Å². The van der Waals surface area contributed by atoms with Gasteiger partial charge in [-0.2, -0.15) is 11.8 Å². The predicted octanol–water partition coefficient (Wildman–Crippen LogP) is 4.19. The van der Waals surface area contributed by atoms with Crippen LogP contribution in [0.3, 0.4) is 0 Å². The molecule has 0 aliphatic heterocycles. The average Bonchev–Trinajstić information content (AvgIpc) is 2.62. The minimum Gasteiger partial charge on any atom is -0.378 e. The van der Waals surface area contributed by atoms with Crippen LogP contribution in [-0.2, 0) is 15.6 Å². The molecule has 1 aromatic heterocycles. The number of thioether (sulfide) groups is 2. The Morgan fingerprint density at radius 3 is 2.68 bits per heavy atom. The van der Waals surface area contributed by atoms with E-state index in [1.807, 2.05) is 12.3 Å². The Morgan fingerprint density at radius 1 is 1.24 bits per heavy atom. The lowest BCUT2D eigenvalue weighted by Crippen LogP contribution is -2.16. The normalized spacial score (nSPS) is 12.2. The third-order valence-electron chi connectivity index (χ3n) is 3.17. The van der Waals surface area contributed by atoms with Gasteiger partial charge in [0, 0.05) is 24.2 Å². The largest absolute Gasteiger partial charge is 0.378 e. The quantitative estimate of drug-likeness (QED) is 0.620. The number of hydrogen-bond donors (Lipinski definition) is 1. The molecule has 1 N–H and O–H groups in total. The van der Waals surface area contributed by atoms with Crippen LogP contribution >= 0.6 is 35.1 Å². The lowest BCUT2D eigenvalue weighted by atomic mass is 10.4. The molecule has 2 aromatic rings. The van der Waals surface area contributed by atoms with Crippen molar-refractivity contribution in [3.8, 4) is 0 Å². The van der Waals surface area contributed by atoms with Gasteiger partial charge < -0.3 is 5.32 Å². The van der Waals surface area contributed by atoms with Crippen molar-refractivity contribution in [2.24, 2.45) is 0 Å². The summed E-state index contributed by atoms with van der Waals surface area (Å²) in [6, 6.07) is 12.0. The second kappa shape index (κ2) is 10.1. The molecule has 1 aromatic carbocycles. The van der Waals surface area contributed by atoms with E-state index in [-0.39, 0.29) is 0 Å². The summed E-state index contributed by atoms with van der Waals surface area (Å²) in [6.45, 7) is 0.659. The van der Waals surface area contributed by atoms with Crippen LogP contribution in [0.5, 0.6) is 0 Å². The molecule has 1 heterocycles. The summed E-state index contributed by atoms with van der Waals surface area (Å²) in [5.41, 5.74) is 0.862. The van der Waals surface area contributed by atoms with Crippen LogP contribution in [0.4, 0.5) is 0 Å². The first kappa shape index (κ1) is 20.2. The van der Waals surface area contributed by atoms with Gasteiger partial charge in [-0.15, -0.1) is 11.8 Å². The molecule has 0 saturated heterocycles. The van der Waals surface area contributed by atoms with Crippen LogP contribution in [0.1, 0.15) is 5.69 Å². The second-order valence-corrected chi connectivity index (χ2v) is 9.11. The van der Waals surface area contributed by atoms with E-state index in [1.165, 1.54) is 17.2 Å². The maximum Gasteiger partial charge on any atom is 0.202 e. The number of hydrogen-bond acceptors (Lipinski definition) is 6. The van der Waals surface area contributed by atoms with E-state index >= 15 is 0 Å². The molecule has 0 amide bonds. The fourth-order valence-corrected chi connectivity index (χ4v) is 5.05. The van der Waals surface area contributed by atoms with Crippen molar-refractivity contribution in [3.63, 3.8) is 0 Å². The average molecular weight is 415 g/mol. The lowest BCUT2D eigenvalue weighted by molar-refractivity contribution is 0.604. The Hall–Kier alpha value is -1.15. The predicted molar refractivity (Wildman–Crippen MR) is 109 cm³/mol. The van der Waals surface area contributed by atoms with Crippen molar-refractivity contribution in [1.82, 2.24) is 10.3 Å². The number of nitrogens with zero attached hydrogens (tertiary/aromatic N) is 1. The van der Waals surface area contributed by atoms with Gasteiger partial charge in [0.05, 0.1) is 26.0 Å². The Labute approximate surface area is 162 Å². The maximum absolute atomic E-state index is 12.4. The van der Waals surface area contributed by atoms with Crippen molar-refractivity contribution < 1.29 is 8.42 Å². The zero-order valence-electron chi connectivity index (χ0n) is 13.7. The zero-order valence-corrected chi connectivity index (χ0v) is 16.9. The van der Waals surface area contributed by atoms with Crippen LogP contribution < -0.4 is 5.32 Å². The summed E-state index contributed by atoms with van der Waals surface area (Å²) >= 11 is 9.14.